The van der Waals surface area contributed by atoms with E-state index in [1.54, 1.807) is 6.07 Å². The second kappa shape index (κ2) is 4.83. The molecule has 1 heterocycles. The molecule has 0 aromatic heterocycles. The summed E-state index contributed by atoms with van der Waals surface area (Å²) in [7, 11) is 4.00. The van der Waals surface area contributed by atoms with Crippen LogP contribution in [-0.4, -0.2) is 26.7 Å². The predicted octanol–water partition coefficient (Wildman–Crippen LogP) is 2.19. The van der Waals surface area contributed by atoms with Crippen LogP contribution in [0.15, 0.2) is 18.2 Å². The summed E-state index contributed by atoms with van der Waals surface area (Å²) in [5.74, 6) is -0.140. The lowest BCUT2D eigenvalue weighted by molar-refractivity contribution is 0.593. The molecule has 1 aromatic rings. The highest BCUT2D eigenvalue weighted by Gasteiger charge is 2.17. The van der Waals surface area contributed by atoms with Crippen molar-refractivity contribution in [3.63, 3.8) is 0 Å². The van der Waals surface area contributed by atoms with Crippen molar-refractivity contribution in [2.24, 2.45) is 0 Å². The van der Waals surface area contributed by atoms with E-state index in [1.165, 1.54) is 18.9 Å². The number of anilines is 1. The van der Waals surface area contributed by atoms with E-state index in [0.29, 0.717) is 6.04 Å². The SMILES string of the molecule is CN(C)c1ccc(F)cc1CC1CCCN1. The van der Waals surface area contributed by atoms with Gasteiger partial charge in [-0.05, 0) is 49.6 Å². The molecule has 2 nitrogen and oxygen atoms in total. The molecule has 1 aromatic carbocycles. The molecule has 1 aliphatic rings. The number of hydrogen-bond acceptors (Lipinski definition) is 2. The van der Waals surface area contributed by atoms with Gasteiger partial charge in [0, 0.05) is 25.8 Å². The maximum atomic E-state index is 13.2. The van der Waals surface area contributed by atoms with Gasteiger partial charge in [-0.2, -0.15) is 0 Å². The summed E-state index contributed by atoms with van der Waals surface area (Å²) in [6.07, 6.45) is 3.35. The number of nitrogens with one attached hydrogen (secondary N) is 1. The molecule has 1 unspecified atom stereocenters. The normalized spacial score (nSPS) is 20.1. The molecule has 88 valence electrons. The highest BCUT2D eigenvalue weighted by molar-refractivity contribution is 5.53. The Labute approximate surface area is 96.5 Å². The van der Waals surface area contributed by atoms with E-state index in [2.05, 4.69) is 5.32 Å². The topological polar surface area (TPSA) is 15.3 Å². The first-order valence-corrected chi connectivity index (χ1v) is 5.86. The molecule has 1 N–H and O–H groups in total. The van der Waals surface area contributed by atoms with Crippen molar-refractivity contribution in [3.05, 3.63) is 29.6 Å². The lowest BCUT2D eigenvalue weighted by atomic mass is 10.0. The first-order valence-electron chi connectivity index (χ1n) is 5.86. The lowest BCUT2D eigenvalue weighted by Crippen LogP contribution is -2.25. The lowest BCUT2D eigenvalue weighted by Gasteiger charge is -2.19. The molecule has 1 aliphatic heterocycles. The van der Waals surface area contributed by atoms with E-state index >= 15 is 0 Å². The van der Waals surface area contributed by atoms with Crippen molar-refractivity contribution in [2.45, 2.75) is 25.3 Å². The van der Waals surface area contributed by atoms with Gasteiger partial charge in [0.1, 0.15) is 5.82 Å². The molecular formula is C13H19FN2. The first kappa shape index (κ1) is 11.4. The Hall–Kier alpha value is -1.09. The minimum absolute atomic E-state index is 0.140. The Balaban J connectivity index is 2.19. The Morgan fingerprint density at radius 2 is 2.25 bits per heavy atom. The molecule has 1 saturated heterocycles. The van der Waals surface area contributed by atoms with Crippen LogP contribution in [0, 0.1) is 5.82 Å². The molecule has 16 heavy (non-hydrogen) atoms. The van der Waals surface area contributed by atoms with Gasteiger partial charge in [-0.15, -0.1) is 0 Å². The smallest absolute Gasteiger partial charge is 0.123 e. The summed E-state index contributed by atoms with van der Waals surface area (Å²) >= 11 is 0. The van der Waals surface area contributed by atoms with Gasteiger partial charge in [0.05, 0.1) is 0 Å². The standard InChI is InChI=1S/C13H19FN2/c1-16(2)13-6-5-11(14)8-10(13)9-12-4-3-7-15-12/h5-6,8,12,15H,3-4,7,9H2,1-2H3. The molecule has 0 radical (unpaired) electrons. The summed E-state index contributed by atoms with van der Waals surface area (Å²) in [6, 6.07) is 5.57. The van der Waals surface area contributed by atoms with Crippen molar-refractivity contribution in [1.29, 1.82) is 0 Å². The first-order chi connectivity index (χ1) is 7.66. The van der Waals surface area contributed by atoms with Gasteiger partial charge in [0.25, 0.3) is 0 Å². The van der Waals surface area contributed by atoms with Crippen LogP contribution in [0.2, 0.25) is 0 Å². The van der Waals surface area contributed by atoms with E-state index in [1.807, 2.05) is 25.1 Å². The Bertz CT molecular complexity index is 357. The zero-order chi connectivity index (χ0) is 11.5. The summed E-state index contributed by atoms with van der Waals surface area (Å²) in [5.41, 5.74) is 2.22. The van der Waals surface area contributed by atoms with Crippen LogP contribution in [0.1, 0.15) is 18.4 Å². The van der Waals surface area contributed by atoms with Crippen molar-refractivity contribution in [2.75, 3.05) is 25.5 Å². The van der Waals surface area contributed by atoms with Crippen LogP contribution in [-0.2, 0) is 6.42 Å². The minimum Gasteiger partial charge on any atom is -0.377 e. The van der Waals surface area contributed by atoms with Crippen LogP contribution in [0.25, 0.3) is 0 Å². The third-order valence-corrected chi connectivity index (χ3v) is 3.15. The molecule has 1 fully saturated rings. The number of hydrogen-bond donors (Lipinski definition) is 1. The fourth-order valence-corrected chi connectivity index (χ4v) is 2.35. The predicted molar refractivity (Wildman–Crippen MR) is 65.5 cm³/mol. The Kier molecular flexibility index (Phi) is 3.44. The fraction of sp³-hybridized carbons (Fsp3) is 0.538. The van der Waals surface area contributed by atoms with Gasteiger partial charge < -0.3 is 10.2 Å². The van der Waals surface area contributed by atoms with Gasteiger partial charge in [-0.25, -0.2) is 4.39 Å². The van der Waals surface area contributed by atoms with Crippen molar-refractivity contribution < 1.29 is 4.39 Å². The molecule has 0 spiro atoms. The molecule has 1 atom stereocenters. The van der Waals surface area contributed by atoms with Gasteiger partial charge in [0.15, 0.2) is 0 Å². The van der Waals surface area contributed by atoms with Crippen LogP contribution >= 0.6 is 0 Å². The zero-order valence-electron chi connectivity index (χ0n) is 9.96. The third kappa shape index (κ3) is 2.53. The largest absolute Gasteiger partial charge is 0.377 e. The fourth-order valence-electron chi connectivity index (χ4n) is 2.35. The molecule has 0 saturated carbocycles. The maximum absolute atomic E-state index is 13.2. The van der Waals surface area contributed by atoms with Crippen LogP contribution in [0.3, 0.4) is 0 Å². The molecule has 0 amide bonds. The summed E-state index contributed by atoms with van der Waals surface area (Å²) in [6.45, 7) is 1.09. The molecule has 0 bridgehead atoms. The van der Waals surface area contributed by atoms with E-state index in [-0.39, 0.29) is 5.82 Å². The second-order valence-electron chi connectivity index (χ2n) is 4.66. The number of benzene rings is 1. The third-order valence-electron chi connectivity index (χ3n) is 3.15. The maximum Gasteiger partial charge on any atom is 0.123 e. The van der Waals surface area contributed by atoms with Crippen molar-refractivity contribution >= 4 is 5.69 Å². The second-order valence-corrected chi connectivity index (χ2v) is 4.66. The van der Waals surface area contributed by atoms with E-state index in [0.717, 1.165) is 24.2 Å². The average molecular weight is 222 g/mol. The molecule has 0 aliphatic carbocycles. The summed E-state index contributed by atoms with van der Waals surface area (Å²) in [4.78, 5) is 2.05. The zero-order valence-corrected chi connectivity index (χ0v) is 9.96. The van der Waals surface area contributed by atoms with Gasteiger partial charge in [-0.1, -0.05) is 0 Å². The van der Waals surface area contributed by atoms with Crippen molar-refractivity contribution in [3.8, 4) is 0 Å². The molecule has 3 heteroatoms. The summed E-state index contributed by atoms with van der Waals surface area (Å²) < 4.78 is 13.2. The van der Waals surface area contributed by atoms with Crippen LogP contribution < -0.4 is 10.2 Å². The number of nitrogens with zero attached hydrogens (tertiary/aromatic N) is 1. The van der Waals surface area contributed by atoms with E-state index in [9.17, 15) is 4.39 Å². The monoisotopic (exact) mass is 222 g/mol. The number of rotatable bonds is 3. The molecular weight excluding hydrogens is 203 g/mol. The van der Waals surface area contributed by atoms with Gasteiger partial charge >= 0.3 is 0 Å². The highest BCUT2D eigenvalue weighted by atomic mass is 19.1. The minimum atomic E-state index is -0.140. The van der Waals surface area contributed by atoms with Crippen LogP contribution in [0.4, 0.5) is 10.1 Å². The van der Waals surface area contributed by atoms with E-state index in [4.69, 9.17) is 0 Å². The number of halogens is 1. The van der Waals surface area contributed by atoms with Gasteiger partial charge in [-0.3, -0.25) is 0 Å². The van der Waals surface area contributed by atoms with Crippen LogP contribution in [0.5, 0.6) is 0 Å². The quantitative estimate of drug-likeness (QED) is 0.843. The van der Waals surface area contributed by atoms with Gasteiger partial charge in [0.2, 0.25) is 0 Å². The summed E-state index contributed by atoms with van der Waals surface area (Å²) in [5, 5.41) is 3.45. The Morgan fingerprint density at radius 3 is 2.88 bits per heavy atom. The molecule has 2 rings (SSSR count). The van der Waals surface area contributed by atoms with Crippen molar-refractivity contribution in [1.82, 2.24) is 5.32 Å². The highest BCUT2D eigenvalue weighted by Crippen LogP contribution is 2.23. The average Bonchev–Trinajstić information content (AvgIpc) is 2.70. The van der Waals surface area contributed by atoms with E-state index < -0.39 is 0 Å². The Morgan fingerprint density at radius 1 is 1.44 bits per heavy atom.